The Morgan fingerprint density at radius 1 is 1.45 bits per heavy atom. The van der Waals surface area contributed by atoms with Crippen LogP contribution in [-0.2, 0) is 11.3 Å². The molecule has 2 rings (SSSR count). The van der Waals surface area contributed by atoms with Crippen molar-refractivity contribution in [2.24, 2.45) is 5.92 Å². The van der Waals surface area contributed by atoms with E-state index in [1.807, 2.05) is 6.92 Å². The number of aryl methyl sites for hydroxylation is 1. The van der Waals surface area contributed by atoms with Crippen LogP contribution in [0.5, 0.6) is 0 Å². The molecule has 0 spiro atoms. The molecular formula is C13H20N4O3. The smallest absolute Gasteiger partial charge is 0.315 e. The van der Waals surface area contributed by atoms with E-state index in [-0.39, 0.29) is 12.1 Å². The standard InChI is InChI=1S/C13H20N4O3/c1-8-9(7-15-17-8)6-14-13(20)16-11-5-3-2-4-10(11)12(18)19/h7,10-11H,2-6H2,1H3,(H,15,17)(H,18,19)(H2,14,16,20). The van der Waals surface area contributed by atoms with Crippen molar-refractivity contribution in [3.05, 3.63) is 17.5 Å². The fourth-order valence-electron chi connectivity index (χ4n) is 2.55. The van der Waals surface area contributed by atoms with Crippen LogP contribution in [0, 0.1) is 12.8 Å². The summed E-state index contributed by atoms with van der Waals surface area (Å²) in [6.07, 6.45) is 4.87. The number of H-pyrrole nitrogens is 1. The Bertz CT molecular complexity index is 486. The molecule has 0 bridgehead atoms. The van der Waals surface area contributed by atoms with Gasteiger partial charge in [-0.1, -0.05) is 12.8 Å². The van der Waals surface area contributed by atoms with Crippen LogP contribution >= 0.6 is 0 Å². The summed E-state index contributed by atoms with van der Waals surface area (Å²) in [4.78, 5) is 23.0. The van der Waals surface area contributed by atoms with E-state index in [9.17, 15) is 9.59 Å². The minimum absolute atomic E-state index is 0.285. The number of rotatable bonds is 4. The first-order valence-corrected chi connectivity index (χ1v) is 6.84. The van der Waals surface area contributed by atoms with Gasteiger partial charge in [0.15, 0.2) is 0 Å². The van der Waals surface area contributed by atoms with Crippen LogP contribution in [0.2, 0.25) is 0 Å². The van der Waals surface area contributed by atoms with E-state index < -0.39 is 11.9 Å². The second-order valence-electron chi connectivity index (χ2n) is 5.18. The molecule has 0 aromatic carbocycles. The van der Waals surface area contributed by atoms with Gasteiger partial charge in [0, 0.05) is 23.8 Å². The Morgan fingerprint density at radius 3 is 2.85 bits per heavy atom. The Labute approximate surface area is 117 Å². The highest BCUT2D eigenvalue weighted by Gasteiger charge is 2.31. The molecule has 2 atom stereocenters. The van der Waals surface area contributed by atoms with Crippen molar-refractivity contribution >= 4 is 12.0 Å². The fourth-order valence-corrected chi connectivity index (χ4v) is 2.55. The van der Waals surface area contributed by atoms with E-state index in [1.165, 1.54) is 0 Å². The van der Waals surface area contributed by atoms with E-state index in [2.05, 4.69) is 20.8 Å². The molecule has 1 saturated carbocycles. The summed E-state index contributed by atoms with van der Waals surface area (Å²) in [5.74, 6) is -1.31. The summed E-state index contributed by atoms with van der Waals surface area (Å²) < 4.78 is 0. The number of nitrogens with one attached hydrogen (secondary N) is 3. The number of amides is 2. The summed E-state index contributed by atoms with van der Waals surface area (Å²) in [6, 6.07) is -0.615. The summed E-state index contributed by atoms with van der Waals surface area (Å²) in [7, 11) is 0. The molecule has 1 aromatic rings. The van der Waals surface area contributed by atoms with Crippen molar-refractivity contribution in [1.29, 1.82) is 0 Å². The molecule has 1 aliphatic carbocycles. The SMILES string of the molecule is Cc1[nH]ncc1CNC(=O)NC1CCCCC1C(=O)O. The third kappa shape index (κ3) is 3.49. The molecule has 1 aromatic heterocycles. The largest absolute Gasteiger partial charge is 0.481 e. The third-order valence-corrected chi connectivity index (χ3v) is 3.77. The maximum Gasteiger partial charge on any atom is 0.315 e. The first-order valence-electron chi connectivity index (χ1n) is 6.84. The Hall–Kier alpha value is -2.05. The van der Waals surface area contributed by atoms with E-state index in [1.54, 1.807) is 6.20 Å². The number of aliphatic carboxylic acids is 1. The number of carbonyl (C=O) groups excluding carboxylic acids is 1. The van der Waals surface area contributed by atoms with Crippen LogP contribution in [0.3, 0.4) is 0 Å². The van der Waals surface area contributed by atoms with Gasteiger partial charge in [0.1, 0.15) is 0 Å². The molecule has 4 N–H and O–H groups in total. The van der Waals surface area contributed by atoms with Crippen molar-refractivity contribution in [3.63, 3.8) is 0 Å². The molecule has 7 heteroatoms. The summed E-state index contributed by atoms with van der Waals surface area (Å²) >= 11 is 0. The zero-order valence-corrected chi connectivity index (χ0v) is 11.5. The van der Waals surface area contributed by atoms with Crippen LogP contribution in [0.15, 0.2) is 6.20 Å². The number of aromatic amines is 1. The Balaban J connectivity index is 1.84. The molecule has 1 heterocycles. The van der Waals surface area contributed by atoms with Crippen molar-refractivity contribution in [2.75, 3.05) is 0 Å². The number of aromatic nitrogens is 2. The monoisotopic (exact) mass is 280 g/mol. The number of carboxylic acids is 1. The number of nitrogens with zero attached hydrogens (tertiary/aromatic N) is 1. The fraction of sp³-hybridized carbons (Fsp3) is 0.615. The van der Waals surface area contributed by atoms with Gasteiger partial charge in [0.2, 0.25) is 0 Å². The molecule has 0 aliphatic heterocycles. The van der Waals surface area contributed by atoms with Crippen LogP contribution in [0.1, 0.15) is 36.9 Å². The minimum Gasteiger partial charge on any atom is -0.481 e. The summed E-state index contributed by atoms with van der Waals surface area (Å²) in [5, 5.41) is 21.3. The lowest BCUT2D eigenvalue weighted by Crippen LogP contribution is -2.48. The highest BCUT2D eigenvalue weighted by molar-refractivity contribution is 5.76. The van der Waals surface area contributed by atoms with Gasteiger partial charge in [-0.3, -0.25) is 9.89 Å². The van der Waals surface area contributed by atoms with Crippen molar-refractivity contribution in [3.8, 4) is 0 Å². The van der Waals surface area contributed by atoms with Crippen LogP contribution < -0.4 is 10.6 Å². The second kappa shape index (κ2) is 6.40. The second-order valence-corrected chi connectivity index (χ2v) is 5.18. The quantitative estimate of drug-likeness (QED) is 0.663. The van der Waals surface area contributed by atoms with Crippen molar-refractivity contribution in [1.82, 2.24) is 20.8 Å². The van der Waals surface area contributed by atoms with E-state index in [0.29, 0.717) is 13.0 Å². The highest BCUT2D eigenvalue weighted by Crippen LogP contribution is 2.24. The number of urea groups is 1. The predicted octanol–water partition coefficient (Wildman–Crippen LogP) is 1.16. The summed E-state index contributed by atoms with van der Waals surface area (Å²) in [6.45, 7) is 2.25. The highest BCUT2D eigenvalue weighted by atomic mass is 16.4. The molecular weight excluding hydrogens is 260 g/mol. The molecule has 20 heavy (non-hydrogen) atoms. The van der Waals surface area contributed by atoms with Gasteiger partial charge in [0.25, 0.3) is 0 Å². The number of hydrogen-bond donors (Lipinski definition) is 4. The number of hydrogen-bond acceptors (Lipinski definition) is 3. The lowest BCUT2D eigenvalue weighted by Gasteiger charge is -2.29. The van der Waals surface area contributed by atoms with Crippen molar-refractivity contribution in [2.45, 2.75) is 45.2 Å². The maximum absolute atomic E-state index is 11.8. The average Bonchev–Trinajstić information content (AvgIpc) is 2.82. The van der Waals surface area contributed by atoms with Gasteiger partial charge in [-0.05, 0) is 19.8 Å². The lowest BCUT2D eigenvalue weighted by atomic mass is 9.84. The molecule has 2 amide bonds. The molecule has 0 saturated heterocycles. The normalized spacial score (nSPS) is 22.2. The maximum atomic E-state index is 11.8. The summed E-state index contributed by atoms with van der Waals surface area (Å²) in [5.41, 5.74) is 1.82. The average molecular weight is 280 g/mol. The van der Waals surface area contributed by atoms with Crippen LogP contribution in [0.4, 0.5) is 4.79 Å². The first kappa shape index (κ1) is 14.4. The zero-order valence-electron chi connectivity index (χ0n) is 11.5. The number of carboxylic acid groups (broad SMARTS) is 1. The van der Waals surface area contributed by atoms with Gasteiger partial charge < -0.3 is 15.7 Å². The Morgan fingerprint density at radius 2 is 2.20 bits per heavy atom. The van der Waals surface area contributed by atoms with Crippen LogP contribution in [0.25, 0.3) is 0 Å². The molecule has 1 fully saturated rings. The van der Waals surface area contributed by atoms with Crippen molar-refractivity contribution < 1.29 is 14.7 Å². The predicted molar refractivity (Wildman–Crippen MR) is 72.1 cm³/mol. The van der Waals surface area contributed by atoms with E-state index in [4.69, 9.17) is 5.11 Å². The van der Waals surface area contributed by atoms with Gasteiger partial charge in [0.05, 0.1) is 12.1 Å². The lowest BCUT2D eigenvalue weighted by molar-refractivity contribution is -0.143. The first-order chi connectivity index (χ1) is 9.58. The van der Waals surface area contributed by atoms with E-state index >= 15 is 0 Å². The van der Waals surface area contributed by atoms with Gasteiger partial charge in [-0.15, -0.1) is 0 Å². The van der Waals surface area contributed by atoms with Gasteiger partial charge in [-0.2, -0.15) is 5.10 Å². The zero-order chi connectivity index (χ0) is 14.5. The van der Waals surface area contributed by atoms with E-state index in [0.717, 1.165) is 30.5 Å². The molecule has 110 valence electrons. The number of carbonyl (C=O) groups is 2. The van der Waals surface area contributed by atoms with Gasteiger partial charge in [-0.25, -0.2) is 4.79 Å². The molecule has 0 radical (unpaired) electrons. The molecule has 7 nitrogen and oxygen atoms in total. The van der Waals surface area contributed by atoms with Crippen LogP contribution in [-0.4, -0.2) is 33.3 Å². The topological polar surface area (TPSA) is 107 Å². The minimum atomic E-state index is -0.833. The molecule has 1 aliphatic rings. The molecule has 2 unspecified atom stereocenters. The van der Waals surface area contributed by atoms with Gasteiger partial charge >= 0.3 is 12.0 Å². The third-order valence-electron chi connectivity index (χ3n) is 3.77. The Kier molecular flexibility index (Phi) is 4.60.